The summed E-state index contributed by atoms with van der Waals surface area (Å²) < 4.78 is 15.9. The number of hydrogen-bond donors (Lipinski definition) is 2. The number of fused-ring (bicyclic) bond motifs is 1. The Labute approximate surface area is 182 Å². The van der Waals surface area contributed by atoms with E-state index in [2.05, 4.69) is 20.6 Å². The third-order valence-corrected chi connectivity index (χ3v) is 4.79. The van der Waals surface area contributed by atoms with Crippen molar-refractivity contribution >= 4 is 34.7 Å². The number of rotatable bonds is 6. The molecule has 0 unspecified atom stereocenters. The highest BCUT2D eigenvalue weighted by Crippen LogP contribution is 2.33. The van der Waals surface area contributed by atoms with E-state index in [1.54, 1.807) is 30.5 Å². The van der Waals surface area contributed by atoms with Gasteiger partial charge >= 0.3 is 12.1 Å². The van der Waals surface area contributed by atoms with Crippen molar-refractivity contribution in [3.05, 3.63) is 48.3 Å². The predicted octanol–water partition coefficient (Wildman–Crippen LogP) is 3.28. The SMILES string of the molecule is CNC(=O)c1cc2c(Oc3ccc(NC(=O)OC(=O)C4CC4)nc3)ccnc2cc1OC. The molecule has 0 spiro atoms. The summed E-state index contributed by atoms with van der Waals surface area (Å²) in [6, 6.07) is 8.08. The molecule has 2 heterocycles. The molecule has 1 aliphatic rings. The highest BCUT2D eigenvalue weighted by Gasteiger charge is 2.32. The Morgan fingerprint density at radius 2 is 1.88 bits per heavy atom. The fourth-order valence-electron chi connectivity index (χ4n) is 2.98. The predicted molar refractivity (Wildman–Crippen MR) is 114 cm³/mol. The maximum Gasteiger partial charge on any atom is 0.420 e. The van der Waals surface area contributed by atoms with Crippen LogP contribution in [0.15, 0.2) is 42.7 Å². The number of carbonyl (C=O) groups excluding carboxylic acids is 3. The monoisotopic (exact) mass is 436 g/mol. The summed E-state index contributed by atoms with van der Waals surface area (Å²) in [5.41, 5.74) is 0.929. The van der Waals surface area contributed by atoms with E-state index in [1.165, 1.54) is 26.4 Å². The number of ether oxygens (including phenoxy) is 3. The van der Waals surface area contributed by atoms with Gasteiger partial charge in [0.15, 0.2) is 0 Å². The molecule has 2 aromatic heterocycles. The first-order chi connectivity index (χ1) is 15.5. The number of esters is 1. The van der Waals surface area contributed by atoms with E-state index >= 15 is 0 Å². The van der Waals surface area contributed by atoms with Gasteiger partial charge in [0.1, 0.15) is 23.1 Å². The first-order valence-corrected chi connectivity index (χ1v) is 9.84. The number of amides is 2. The lowest BCUT2D eigenvalue weighted by molar-refractivity contribution is -0.138. The zero-order chi connectivity index (χ0) is 22.7. The molecule has 0 atom stereocenters. The van der Waals surface area contributed by atoms with E-state index in [0.29, 0.717) is 33.7 Å². The van der Waals surface area contributed by atoms with Crippen LogP contribution in [-0.4, -0.2) is 42.1 Å². The van der Waals surface area contributed by atoms with E-state index in [0.717, 1.165) is 12.8 Å². The number of carbonyl (C=O) groups is 3. The minimum Gasteiger partial charge on any atom is -0.496 e. The second kappa shape index (κ2) is 8.88. The number of nitrogens with one attached hydrogen (secondary N) is 2. The lowest BCUT2D eigenvalue weighted by atomic mass is 10.1. The third-order valence-electron chi connectivity index (χ3n) is 4.79. The molecule has 4 rings (SSSR count). The number of anilines is 1. The molecular weight excluding hydrogens is 416 g/mol. The molecule has 0 aliphatic heterocycles. The Balaban J connectivity index is 1.52. The lowest BCUT2D eigenvalue weighted by Crippen LogP contribution is -2.19. The van der Waals surface area contributed by atoms with Crippen molar-refractivity contribution in [1.82, 2.24) is 15.3 Å². The van der Waals surface area contributed by atoms with Crippen molar-refractivity contribution in [3.8, 4) is 17.2 Å². The van der Waals surface area contributed by atoms with Gasteiger partial charge in [0.25, 0.3) is 5.91 Å². The fraction of sp³-hybridized carbons (Fsp3) is 0.227. The third kappa shape index (κ3) is 4.59. The highest BCUT2D eigenvalue weighted by atomic mass is 16.6. The average molecular weight is 436 g/mol. The number of nitrogens with zero attached hydrogens (tertiary/aromatic N) is 2. The van der Waals surface area contributed by atoms with Gasteiger partial charge in [-0.2, -0.15) is 0 Å². The van der Waals surface area contributed by atoms with Crippen molar-refractivity contribution in [2.45, 2.75) is 12.8 Å². The minimum atomic E-state index is -0.876. The fourth-order valence-corrected chi connectivity index (χ4v) is 2.98. The van der Waals surface area contributed by atoms with E-state index < -0.39 is 12.1 Å². The number of benzene rings is 1. The van der Waals surface area contributed by atoms with Crippen LogP contribution in [0.25, 0.3) is 10.9 Å². The zero-order valence-electron chi connectivity index (χ0n) is 17.4. The quantitative estimate of drug-likeness (QED) is 0.445. The molecule has 0 saturated heterocycles. The summed E-state index contributed by atoms with van der Waals surface area (Å²) in [5.74, 6) is 0.441. The standard InChI is InChI=1S/C22H20N4O6/c1-23-20(27)15-9-14-16(10-18(15)30-2)24-8-7-17(14)31-13-5-6-19(25-11-13)26-22(29)32-21(28)12-3-4-12/h5-12H,3-4H2,1-2H3,(H,23,27)(H,25,26,29). The van der Waals surface area contributed by atoms with Crippen molar-refractivity contribution in [1.29, 1.82) is 0 Å². The number of pyridine rings is 2. The molecule has 1 saturated carbocycles. The Kier molecular flexibility index (Phi) is 5.84. The molecular formula is C22H20N4O6. The van der Waals surface area contributed by atoms with Gasteiger partial charge in [-0.1, -0.05) is 0 Å². The largest absolute Gasteiger partial charge is 0.496 e. The summed E-state index contributed by atoms with van der Waals surface area (Å²) in [5, 5.41) is 5.58. The summed E-state index contributed by atoms with van der Waals surface area (Å²) in [6.45, 7) is 0. The summed E-state index contributed by atoms with van der Waals surface area (Å²) in [4.78, 5) is 43.9. The van der Waals surface area contributed by atoms with Crippen molar-refractivity contribution < 1.29 is 28.6 Å². The van der Waals surface area contributed by atoms with E-state index in [9.17, 15) is 14.4 Å². The van der Waals surface area contributed by atoms with Gasteiger partial charge in [-0.3, -0.25) is 19.9 Å². The molecule has 0 bridgehead atoms. The Morgan fingerprint density at radius 1 is 1.06 bits per heavy atom. The molecule has 1 aliphatic carbocycles. The zero-order valence-corrected chi connectivity index (χ0v) is 17.4. The summed E-state index contributed by atoms with van der Waals surface area (Å²) in [7, 11) is 3.01. The molecule has 2 N–H and O–H groups in total. The molecule has 2 amide bonds. The molecule has 3 aromatic rings. The Hall–Kier alpha value is -4.21. The number of hydrogen-bond acceptors (Lipinski definition) is 8. The number of aromatic nitrogens is 2. The van der Waals surface area contributed by atoms with Crippen molar-refractivity contribution in [2.24, 2.45) is 5.92 Å². The van der Waals surface area contributed by atoms with Crippen LogP contribution in [0, 0.1) is 5.92 Å². The molecule has 164 valence electrons. The van der Waals surface area contributed by atoms with Gasteiger partial charge in [-0.15, -0.1) is 0 Å². The molecule has 1 aromatic carbocycles. The summed E-state index contributed by atoms with van der Waals surface area (Å²) >= 11 is 0. The molecule has 10 heteroatoms. The van der Waals surface area contributed by atoms with E-state index in [4.69, 9.17) is 14.2 Å². The highest BCUT2D eigenvalue weighted by molar-refractivity contribution is 6.02. The summed E-state index contributed by atoms with van der Waals surface area (Å²) in [6.07, 6.45) is 3.61. The van der Waals surface area contributed by atoms with Crippen LogP contribution < -0.4 is 20.1 Å². The maximum absolute atomic E-state index is 12.2. The molecule has 32 heavy (non-hydrogen) atoms. The van der Waals surface area contributed by atoms with Crippen LogP contribution >= 0.6 is 0 Å². The van der Waals surface area contributed by atoms with Crippen molar-refractivity contribution in [2.75, 3.05) is 19.5 Å². The second-order valence-corrected chi connectivity index (χ2v) is 7.05. The maximum atomic E-state index is 12.2. The molecule has 0 radical (unpaired) electrons. The number of methoxy groups -OCH3 is 1. The topological polar surface area (TPSA) is 129 Å². The van der Waals surface area contributed by atoms with Gasteiger partial charge in [0, 0.05) is 24.7 Å². The Bertz CT molecular complexity index is 1190. The van der Waals surface area contributed by atoms with Gasteiger partial charge < -0.3 is 19.5 Å². The lowest BCUT2D eigenvalue weighted by Gasteiger charge is -2.12. The average Bonchev–Trinajstić information content (AvgIpc) is 3.65. The second-order valence-electron chi connectivity index (χ2n) is 7.05. The first-order valence-electron chi connectivity index (χ1n) is 9.84. The van der Waals surface area contributed by atoms with Gasteiger partial charge in [0.05, 0.1) is 30.3 Å². The van der Waals surface area contributed by atoms with Crippen LogP contribution in [-0.2, 0) is 9.53 Å². The van der Waals surface area contributed by atoms with Gasteiger partial charge in [-0.25, -0.2) is 9.78 Å². The van der Waals surface area contributed by atoms with Gasteiger partial charge in [0.2, 0.25) is 0 Å². The van der Waals surface area contributed by atoms with Crippen LogP contribution in [0.3, 0.4) is 0 Å². The molecule has 10 nitrogen and oxygen atoms in total. The van der Waals surface area contributed by atoms with E-state index in [-0.39, 0.29) is 17.6 Å². The smallest absolute Gasteiger partial charge is 0.420 e. The normalized spacial score (nSPS) is 12.7. The first kappa shape index (κ1) is 21.0. The van der Waals surface area contributed by atoms with Crippen LogP contribution in [0.2, 0.25) is 0 Å². The van der Waals surface area contributed by atoms with E-state index in [1.807, 2.05) is 0 Å². The van der Waals surface area contributed by atoms with Crippen LogP contribution in [0.1, 0.15) is 23.2 Å². The van der Waals surface area contributed by atoms with Crippen molar-refractivity contribution in [3.63, 3.8) is 0 Å². The van der Waals surface area contributed by atoms with Crippen LogP contribution in [0.5, 0.6) is 17.2 Å². The molecule has 1 fully saturated rings. The minimum absolute atomic E-state index is 0.177. The van der Waals surface area contributed by atoms with Crippen LogP contribution in [0.4, 0.5) is 10.6 Å². The Morgan fingerprint density at radius 3 is 2.53 bits per heavy atom. The van der Waals surface area contributed by atoms with Gasteiger partial charge in [-0.05, 0) is 37.1 Å².